The maximum absolute atomic E-state index is 2.95. The smallest absolute Gasteiger partial charge is 0.0555 e. The molecule has 8 heavy (non-hydrogen) atoms. The topological polar surface area (TPSA) is 12.0 Å². The van der Waals surface area contributed by atoms with Crippen LogP contribution in [0.15, 0.2) is 12.3 Å². The lowest BCUT2D eigenvalue weighted by Crippen LogP contribution is -1.87. The van der Waals surface area contributed by atoms with Crippen molar-refractivity contribution in [2.75, 3.05) is 0 Å². The van der Waals surface area contributed by atoms with Gasteiger partial charge in [-0.05, 0) is 18.3 Å². The molecule has 0 unspecified atom stereocenters. The zero-order valence-electron chi connectivity index (χ0n) is 4.95. The maximum Gasteiger partial charge on any atom is 0.0555 e. The summed E-state index contributed by atoms with van der Waals surface area (Å²) in [6.07, 6.45) is 6.97. The number of hydrogen-bond acceptors (Lipinski definition) is 1. The molecular formula is C6H10IN. The average molecular weight is 223 g/mol. The van der Waals surface area contributed by atoms with Crippen LogP contribution in [0.25, 0.3) is 0 Å². The highest BCUT2D eigenvalue weighted by atomic mass is 127. The Morgan fingerprint density at radius 2 is 2.25 bits per heavy atom. The summed E-state index contributed by atoms with van der Waals surface area (Å²) in [7, 11) is 0. The van der Waals surface area contributed by atoms with E-state index in [1.165, 1.54) is 12.8 Å². The Hall–Kier alpha value is 0.270. The molecule has 0 radical (unpaired) electrons. The number of halogens is 1. The van der Waals surface area contributed by atoms with Gasteiger partial charge in [-0.3, -0.25) is 0 Å². The highest BCUT2D eigenvalue weighted by Gasteiger charge is 2.33. The molecule has 0 aliphatic heterocycles. The second-order valence-corrected chi connectivity index (χ2v) is 3.22. The second kappa shape index (κ2) is 2.25. The molecule has 0 amide bonds. The fourth-order valence-corrected chi connectivity index (χ4v) is 0.776. The van der Waals surface area contributed by atoms with Crippen LogP contribution in [0.5, 0.6) is 0 Å². The average Bonchev–Trinajstić information content (AvgIpc) is 2.45. The van der Waals surface area contributed by atoms with E-state index in [4.69, 9.17) is 0 Å². The van der Waals surface area contributed by atoms with Crippen molar-refractivity contribution in [2.45, 2.75) is 19.8 Å². The monoisotopic (exact) mass is 223 g/mol. The summed E-state index contributed by atoms with van der Waals surface area (Å²) in [5.74, 6) is 0. The fourth-order valence-electron chi connectivity index (χ4n) is 0.597. The van der Waals surface area contributed by atoms with Gasteiger partial charge in [0.2, 0.25) is 0 Å². The Kier molecular flexibility index (Phi) is 1.80. The van der Waals surface area contributed by atoms with E-state index in [2.05, 4.69) is 39.4 Å². The minimum atomic E-state index is 0.554. The molecular weight excluding hydrogens is 213 g/mol. The zero-order valence-corrected chi connectivity index (χ0v) is 7.10. The summed E-state index contributed by atoms with van der Waals surface area (Å²) < 4.78 is 2.95. The van der Waals surface area contributed by atoms with E-state index in [-0.39, 0.29) is 0 Å². The van der Waals surface area contributed by atoms with Crippen LogP contribution < -0.4 is 3.53 Å². The van der Waals surface area contributed by atoms with E-state index in [1.54, 1.807) is 0 Å². The van der Waals surface area contributed by atoms with Crippen LogP contribution in [0, 0.1) is 5.41 Å². The molecule has 1 aliphatic carbocycles. The minimum absolute atomic E-state index is 0.554. The number of nitrogens with one attached hydrogen (secondary N) is 1. The first-order valence-electron chi connectivity index (χ1n) is 2.81. The van der Waals surface area contributed by atoms with E-state index in [0.29, 0.717) is 5.41 Å². The lowest BCUT2D eigenvalue weighted by Gasteiger charge is -1.94. The first-order chi connectivity index (χ1) is 3.77. The molecule has 46 valence electrons. The van der Waals surface area contributed by atoms with Gasteiger partial charge in [0.05, 0.1) is 22.9 Å². The predicted molar refractivity (Wildman–Crippen MR) is 43.6 cm³/mol. The van der Waals surface area contributed by atoms with Crippen molar-refractivity contribution in [2.24, 2.45) is 5.41 Å². The van der Waals surface area contributed by atoms with E-state index in [9.17, 15) is 0 Å². The molecule has 0 heterocycles. The van der Waals surface area contributed by atoms with E-state index >= 15 is 0 Å². The predicted octanol–water partition coefficient (Wildman–Crippen LogP) is 2.24. The number of rotatable bonds is 2. The highest BCUT2D eigenvalue weighted by Crippen LogP contribution is 2.45. The first kappa shape index (κ1) is 6.39. The van der Waals surface area contributed by atoms with Gasteiger partial charge in [0.1, 0.15) is 0 Å². The van der Waals surface area contributed by atoms with Crippen molar-refractivity contribution in [3.05, 3.63) is 12.3 Å². The van der Waals surface area contributed by atoms with Crippen molar-refractivity contribution >= 4 is 22.9 Å². The molecule has 2 heteroatoms. The van der Waals surface area contributed by atoms with Crippen LogP contribution in [-0.4, -0.2) is 0 Å². The third-order valence-corrected chi connectivity index (χ3v) is 1.95. The summed E-state index contributed by atoms with van der Waals surface area (Å²) in [5.41, 5.74) is 0.554. The lowest BCUT2D eigenvalue weighted by molar-refractivity contribution is 0.745. The maximum atomic E-state index is 2.95. The summed E-state index contributed by atoms with van der Waals surface area (Å²) in [5, 5.41) is 0. The second-order valence-electron chi connectivity index (χ2n) is 2.60. The Morgan fingerprint density at radius 1 is 1.62 bits per heavy atom. The molecule has 0 atom stereocenters. The number of hydrogen-bond donors (Lipinski definition) is 1. The van der Waals surface area contributed by atoms with Gasteiger partial charge < -0.3 is 3.53 Å². The Morgan fingerprint density at radius 3 is 2.62 bits per heavy atom. The van der Waals surface area contributed by atoms with Gasteiger partial charge in [-0.1, -0.05) is 13.0 Å². The van der Waals surface area contributed by atoms with Gasteiger partial charge in [0, 0.05) is 6.20 Å². The van der Waals surface area contributed by atoms with Gasteiger partial charge in [-0.15, -0.1) is 0 Å². The van der Waals surface area contributed by atoms with Gasteiger partial charge in [-0.25, -0.2) is 0 Å². The molecule has 1 saturated carbocycles. The molecule has 0 saturated heterocycles. The Labute approximate surface area is 64.0 Å². The molecule has 0 aromatic rings. The third-order valence-electron chi connectivity index (χ3n) is 1.59. The van der Waals surface area contributed by atoms with Crippen LogP contribution in [0.2, 0.25) is 0 Å². The minimum Gasteiger partial charge on any atom is -0.335 e. The van der Waals surface area contributed by atoms with Crippen molar-refractivity contribution in [3.8, 4) is 0 Å². The molecule has 0 spiro atoms. The first-order valence-corrected chi connectivity index (χ1v) is 3.89. The van der Waals surface area contributed by atoms with Crippen LogP contribution in [0.3, 0.4) is 0 Å². The molecule has 1 N–H and O–H groups in total. The standard InChI is InChI=1S/C6H10IN/c1-6(2-3-6)4-5-8-7/h4-5,8H,2-3H2,1H3/b5-4-. The van der Waals surface area contributed by atoms with Crippen LogP contribution in [-0.2, 0) is 0 Å². The van der Waals surface area contributed by atoms with E-state index in [0.717, 1.165) is 0 Å². The Balaban J connectivity index is 2.27. The SMILES string of the molecule is CC1(/C=C\NI)CC1. The van der Waals surface area contributed by atoms with Gasteiger partial charge >= 0.3 is 0 Å². The van der Waals surface area contributed by atoms with Crippen molar-refractivity contribution in [3.63, 3.8) is 0 Å². The molecule has 1 rings (SSSR count). The third kappa shape index (κ3) is 1.65. The fraction of sp³-hybridized carbons (Fsp3) is 0.667. The van der Waals surface area contributed by atoms with Gasteiger partial charge in [0.15, 0.2) is 0 Å². The largest absolute Gasteiger partial charge is 0.335 e. The van der Waals surface area contributed by atoms with Crippen molar-refractivity contribution in [1.82, 2.24) is 3.53 Å². The van der Waals surface area contributed by atoms with Crippen molar-refractivity contribution in [1.29, 1.82) is 0 Å². The number of allylic oxidation sites excluding steroid dienone is 1. The van der Waals surface area contributed by atoms with Crippen LogP contribution in [0.1, 0.15) is 19.8 Å². The molecule has 0 aromatic heterocycles. The summed E-state index contributed by atoms with van der Waals surface area (Å²) >= 11 is 2.12. The summed E-state index contributed by atoms with van der Waals surface area (Å²) in [6.45, 7) is 2.28. The molecule has 0 aromatic carbocycles. The van der Waals surface area contributed by atoms with Gasteiger partial charge in [0.25, 0.3) is 0 Å². The summed E-state index contributed by atoms with van der Waals surface area (Å²) in [4.78, 5) is 0. The lowest BCUT2D eigenvalue weighted by atomic mass is 10.1. The van der Waals surface area contributed by atoms with Gasteiger partial charge in [-0.2, -0.15) is 0 Å². The highest BCUT2D eigenvalue weighted by molar-refractivity contribution is 14.1. The van der Waals surface area contributed by atoms with E-state index < -0.39 is 0 Å². The van der Waals surface area contributed by atoms with Crippen LogP contribution in [0.4, 0.5) is 0 Å². The molecule has 1 aliphatic rings. The Bertz CT molecular complexity index is 105. The normalized spacial score (nSPS) is 23.8. The van der Waals surface area contributed by atoms with E-state index in [1.807, 2.05) is 6.20 Å². The zero-order chi connectivity index (χ0) is 6.04. The summed E-state index contributed by atoms with van der Waals surface area (Å²) in [6, 6.07) is 0. The quantitative estimate of drug-likeness (QED) is 0.559. The molecule has 1 fully saturated rings. The van der Waals surface area contributed by atoms with Crippen LogP contribution >= 0.6 is 22.9 Å². The molecule has 1 nitrogen and oxygen atoms in total. The van der Waals surface area contributed by atoms with Crippen molar-refractivity contribution < 1.29 is 0 Å². The molecule has 0 bridgehead atoms.